The molecular weight excluding hydrogens is 270 g/mol. The number of likely N-dealkylation sites (tertiary alicyclic amines) is 1. The molecule has 1 amide bonds. The van der Waals surface area contributed by atoms with Gasteiger partial charge in [0.2, 0.25) is 0 Å². The number of hydrogen-bond donors (Lipinski definition) is 1. The summed E-state index contributed by atoms with van der Waals surface area (Å²) in [6.45, 7) is 6.97. The van der Waals surface area contributed by atoms with Crippen LogP contribution in [0.1, 0.15) is 59.3 Å². The lowest BCUT2D eigenvalue weighted by Crippen LogP contribution is -2.48. The molecule has 1 N–H and O–H groups in total. The van der Waals surface area contributed by atoms with Crippen LogP contribution in [-0.4, -0.2) is 40.8 Å². The predicted octanol–water partition coefficient (Wildman–Crippen LogP) is 3.28. The van der Waals surface area contributed by atoms with Gasteiger partial charge in [0.25, 0.3) is 0 Å². The van der Waals surface area contributed by atoms with Crippen molar-refractivity contribution >= 4 is 12.1 Å². The topological polar surface area (TPSA) is 66.8 Å². The molecule has 1 aliphatic carbocycles. The zero-order valence-corrected chi connectivity index (χ0v) is 13.4. The lowest BCUT2D eigenvalue weighted by atomic mass is 9.57. The molecule has 1 aliphatic heterocycles. The molecule has 0 aromatic carbocycles. The Bertz CT molecular complexity index is 401. The molecule has 5 nitrogen and oxygen atoms in total. The molecule has 0 bridgehead atoms. The van der Waals surface area contributed by atoms with Gasteiger partial charge in [-0.1, -0.05) is 6.42 Å². The average molecular weight is 297 g/mol. The van der Waals surface area contributed by atoms with Gasteiger partial charge >= 0.3 is 12.1 Å². The summed E-state index contributed by atoms with van der Waals surface area (Å²) in [5.74, 6) is -0.259. The highest BCUT2D eigenvalue weighted by atomic mass is 16.6. The van der Waals surface area contributed by atoms with E-state index in [0.29, 0.717) is 19.0 Å². The van der Waals surface area contributed by atoms with E-state index in [0.717, 1.165) is 32.1 Å². The second-order valence-electron chi connectivity index (χ2n) is 7.53. The molecule has 2 rings (SSSR count). The van der Waals surface area contributed by atoms with Crippen molar-refractivity contribution in [3.63, 3.8) is 0 Å². The number of hydrogen-bond acceptors (Lipinski definition) is 3. The number of rotatable bonds is 3. The maximum atomic E-state index is 12.0. The van der Waals surface area contributed by atoms with Crippen molar-refractivity contribution in [1.29, 1.82) is 0 Å². The fourth-order valence-electron chi connectivity index (χ4n) is 3.66. The van der Waals surface area contributed by atoms with Gasteiger partial charge in [0.1, 0.15) is 5.60 Å². The Morgan fingerprint density at radius 2 is 1.81 bits per heavy atom. The zero-order chi connectivity index (χ0) is 15.7. The van der Waals surface area contributed by atoms with E-state index in [2.05, 4.69) is 0 Å². The lowest BCUT2D eigenvalue weighted by Gasteiger charge is -2.50. The highest BCUT2D eigenvalue weighted by Crippen LogP contribution is 2.53. The normalized spacial score (nSPS) is 22.5. The summed E-state index contributed by atoms with van der Waals surface area (Å²) in [4.78, 5) is 24.9. The van der Waals surface area contributed by atoms with E-state index in [9.17, 15) is 9.59 Å². The Kier molecular flexibility index (Phi) is 4.49. The molecule has 120 valence electrons. The summed E-state index contributed by atoms with van der Waals surface area (Å²) in [6, 6.07) is 0. The summed E-state index contributed by atoms with van der Waals surface area (Å²) in [6.07, 6.45) is 5.01. The average Bonchev–Trinajstić information content (AvgIpc) is 2.32. The van der Waals surface area contributed by atoms with Gasteiger partial charge in [0, 0.05) is 13.1 Å². The fourth-order valence-corrected chi connectivity index (χ4v) is 3.66. The minimum Gasteiger partial charge on any atom is -0.481 e. The van der Waals surface area contributed by atoms with E-state index in [1.165, 1.54) is 0 Å². The van der Waals surface area contributed by atoms with Crippen molar-refractivity contribution in [2.45, 2.75) is 64.9 Å². The van der Waals surface area contributed by atoms with E-state index >= 15 is 0 Å². The van der Waals surface area contributed by atoms with Crippen LogP contribution in [0, 0.1) is 11.3 Å². The number of carbonyl (C=O) groups excluding carboxylic acids is 1. The number of carboxylic acids is 1. The maximum Gasteiger partial charge on any atom is 0.410 e. The number of carboxylic acid groups (broad SMARTS) is 1. The first kappa shape index (κ1) is 16.1. The zero-order valence-electron chi connectivity index (χ0n) is 13.4. The number of ether oxygens (including phenoxy) is 1. The number of carbonyl (C=O) groups is 2. The second kappa shape index (κ2) is 5.85. The van der Waals surface area contributed by atoms with Gasteiger partial charge in [-0.2, -0.15) is 0 Å². The van der Waals surface area contributed by atoms with Gasteiger partial charge in [-0.25, -0.2) is 4.79 Å². The standard InChI is InChI=1S/C16H27NO4/c1-15(2,3)21-14(20)17-9-5-12(6-10-17)16(7-4-8-16)11-13(18)19/h12H,4-11H2,1-3H3,(H,18,19). The highest BCUT2D eigenvalue weighted by molar-refractivity contribution is 5.69. The second-order valence-corrected chi connectivity index (χ2v) is 7.53. The van der Waals surface area contributed by atoms with Crippen LogP contribution < -0.4 is 0 Å². The first-order chi connectivity index (χ1) is 9.72. The maximum absolute atomic E-state index is 12.0. The lowest BCUT2D eigenvalue weighted by molar-refractivity contribution is -0.144. The molecule has 21 heavy (non-hydrogen) atoms. The Morgan fingerprint density at radius 3 is 2.19 bits per heavy atom. The third kappa shape index (κ3) is 3.89. The molecule has 1 heterocycles. The minimum atomic E-state index is -0.690. The van der Waals surface area contributed by atoms with Gasteiger partial charge in [-0.05, 0) is 57.8 Å². The fraction of sp³-hybridized carbons (Fsp3) is 0.875. The SMILES string of the molecule is CC(C)(C)OC(=O)N1CCC(C2(CC(=O)O)CCC2)CC1. The first-order valence-electron chi connectivity index (χ1n) is 7.92. The summed E-state index contributed by atoms with van der Waals surface area (Å²) in [7, 11) is 0. The van der Waals surface area contributed by atoms with Crippen LogP contribution in [0.2, 0.25) is 0 Å². The summed E-state index contributed by atoms with van der Waals surface area (Å²) >= 11 is 0. The van der Waals surface area contributed by atoms with E-state index in [-0.39, 0.29) is 17.9 Å². The quantitative estimate of drug-likeness (QED) is 0.868. The third-order valence-corrected chi connectivity index (χ3v) is 4.87. The largest absolute Gasteiger partial charge is 0.481 e. The molecule has 0 aromatic rings. The number of aliphatic carboxylic acids is 1. The van der Waals surface area contributed by atoms with Crippen molar-refractivity contribution in [1.82, 2.24) is 4.90 Å². The molecular formula is C16H27NO4. The smallest absolute Gasteiger partial charge is 0.410 e. The summed E-state index contributed by atoms with van der Waals surface area (Å²) < 4.78 is 5.40. The number of nitrogens with zero attached hydrogens (tertiary/aromatic N) is 1. The van der Waals surface area contributed by atoms with Gasteiger partial charge in [0.05, 0.1) is 6.42 Å². The molecule has 0 radical (unpaired) electrons. The predicted molar refractivity (Wildman–Crippen MR) is 79.1 cm³/mol. The molecule has 0 unspecified atom stereocenters. The van der Waals surface area contributed by atoms with Crippen molar-refractivity contribution in [2.24, 2.45) is 11.3 Å². The van der Waals surface area contributed by atoms with Crippen LogP contribution in [0.15, 0.2) is 0 Å². The van der Waals surface area contributed by atoms with Gasteiger partial charge in [-0.3, -0.25) is 4.79 Å². The Morgan fingerprint density at radius 1 is 1.24 bits per heavy atom. The Labute approximate surface area is 126 Å². The molecule has 2 fully saturated rings. The highest BCUT2D eigenvalue weighted by Gasteiger charge is 2.46. The van der Waals surface area contributed by atoms with Crippen molar-refractivity contribution in [2.75, 3.05) is 13.1 Å². The monoisotopic (exact) mass is 297 g/mol. The summed E-state index contributed by atoms with van der Waals surface area (Å²) in [5.41, 5.74) is -0.474. The van der Waals surface area contributed by atoms with Gasteiger partial charge in [0.15, 0.2) is 0 Å². The molecule has 2 aliphatic rings. The van der Waals surface area contributed by atoms with Crippen LogP contribution in [0.4, 0.5) is 4.79 Å². The van der Waals surface area contributed by atoms with Crippen molar-refractivity contribution < 1.29 is 19.4 Å². The summed E-state index contributed by atoms with van der Waals surface area (Å²) in [5, 5.41) is 9.13. The molecule has 0 atom stereocenters. The van der Waals surface area contributed by atoms with Gasteiger partial charge < -0.3 is 14.7 Å². The molecule has 1 saturated heterocycles. The number of amides is 1. The van der Waals surface area contributed by atoms with Crippen LogP contribution in [-0.2, 0) is 9.53 Å². The molecule has 1 saturated carbocycles. The molecule has 5 heteroatoms. The minimum absolute atomic E-state index is 0.00808. The van der Waals surface area contributed by atoms with E-state index in [4.69, 9.17) is 9.84 Å². The van der Waals surface area contributed by atoms with Crippen LogP contribution >= 0.6 is 0 Å². The van der Waals surface area contributed by atoms with Gasteiger partial charge in [-0.15, -0.1) is 0 Å². The van der Waals surface area contributed by atoms with E-state index < -0.39 is 11.6 Å². The number of piperidine rings is 1. The van der Waals surface area contributed by atoms with E-state index in [1.54, 1.807) is 4.90 Å². The Hall–Kier alpha value is -1.26. The van der Waals surface area contributed by atoms with E-state index in [1.807, 2.05) is 20.8 Å². The third-order valence-electron chi connectivity index (χ3n) is 4.87. The first-order valence-corrected chi connectivity index (χ1v) is 7.92. The van der Waals surface area contributed by atoms with Crippen LogP contribution in [0.3, 0.4) is 0 Å². The molecule has 0 aromatic heterocycles. The van der Waals surface area contributed by atoms with Crippen molar-refractivity contribution in [3.8, 4) is 0 Å². The molecule has 0 spiro atoms. The van der Waals surface area contributed by atoms with Crippen molar-refractivity contribution in [3.05, 3.63) is 0 Å². The van der Waals surface area contributed by atoms with Crippen LogP contribution in [0.5, 0.6) is 0 Å². The Balaban J connectivity index is 1.88. The van der Waals surface area contributed by atoms with Crippen LogP contribution in [0.25, 0.3) is 0 Å².